The van der Waals surface area contributed by atoms with E-state index >= 15 is 0 Å². The zero-order valence-electron chi connectivity index (χ0n) is 15.8. The molecule has 1 N–H and O–H groups in total. The Morgan fingerprint density at radius 3 is 2.57 bits per heavy atom. The van der Waals surface area contributed by atoms with Gasteiger partial charge in [-0.05, 0) is 49.2 Å². The van der Waals surface area contributed by atoms with E-state index in [2.05, 4.69) is 21.6 Å². The largest absolute Gasteiger partial charge is 0.325 e. The van der Waals surface area contributed by atoms with Gasteiger partial charge in [-0.1, -0.05) is 30.0 Å². The number of aryl methyl sites for hydroxylation is 3. The molecule has 0 bridgehead atoms. The molecule has 2 aromatic heterocycles. The van der Waals surface area contributed by atoms with Gasteiger partial charge in [0.2, 0.25) is 11.7 Å². The van der Waals surface area contributed by atoms with Crippen molar-refractivity contribution in [3.63, 3.8) is 0 Å². The van der Waals surface area contributed by atoms with Crippen LogP contribution in [0.1, 0.15) is 11.1 Å². The van der Waals surface area contributed by atoms with Crippen LogP contribution in [0.2, 0.25) is 0 Å². The van der Waals surface area contributed by atoms with Crippen molar-refractivity contribution in [2.75, 3.05) is 11.1 Å². The molecule has 0 aliphatic heterocycles. The number of rotatable bonds is 4. The van der Waals surface area contributed by atoms with Gasteiger partial charge < -0.3 is 5.32 Å². The third-order valence-corrected chi connectivity index (χ3v) is 5.36. The average molecular weight is 393 g/mol. The van der Waals surface area contributed by atoms with Gasteiger partial charge in [0.1, 0.15) is 0 Å². The first-order valence-electron chi connectivity index (χ1n) is 8.78. The summed E-state index contributed by atoms with van der Waals surface area (Å²) in [4.78, 5) is 24.9. The summed E-state index contributed by atoms with van der Waals surface area (Å²) in [5, 5.41) is 12.4. The van der Waals surface area contributed by atoms with Crippen LogP contribution in [0.15, 0.2) is 52.4 Å². The molecule has 7 nitrogen and oxygen atoms in total. The van der Waals surface area contributed by atoms with Gasteiger partial charge in [0, 0.05) is 12.7 Å². The van der Waals surface area contributed by atoms with Gasteiger partial charge in [-0.15, -0.1) is 10.2 Å². The molecule has 0 saturated carbocycles. The number of hydrogen-bond acceptors (Lipinski definition) is 5. The Kier molecular flexibility index (Phi) is 4.64. The highest BCUT2D eigenvalue weighted by molar-refractivity contribution is 7.99. The monoisotopic (exact) mass is 393 g/mol. The van der Waals surface area contributed by atoms with Gasteiger partial charge in [0.15, 0.2) is 5.16 Å². The lowest BCUT2D eigenvalue weighted by Gasteiger charge is -2.08. The van der Waals surface area contributed by atoms with Crippen LogP contribution < -0.4 is 10.9 Å². The second-order valence-corrected chi connectivity index (χ2v) is 7.66. The van der Waals surface area contributed by atoms with E-state index in [1.165, 1.54) is 16.3 Å². The molecule has 4 rings (SSSR count). The first-order chi connectivity index (χ1) is 13.4. The summed E-state index contributed by atoms with van der Waals surface area (Å²) >= 11 is 1.28. The zero-order chi connectivity index (χ0) is 19.8. The van der Waals surface area contributed by atoms with Crippen LogP contribution >= 0.6 is 11.8 Å². The number of nitrogens with zero attached hydrogens (tertiary/aromatic N) is 4. The smallest absolute Gasteiger partial charge is 0.262 e. The SMILES string of the molecule is Cc1cc(C)cc(NC(=O)CSc2nnc3n(C)c(=O)c4ccccc4n23)c1. The number of hydrogen-bond donors (Lipinski definition) is 1. The third-order valence-electron chi connectivity index (χ3n) is 4.43. The maximum atomic E-state index is 12.5. The summed E-state index contributed by atoms with van der Waals surface area (Å²) in [6.07, 6.45) is 0. The molecule has 0 aliphatic carbocycles. The molecule has 8 heteroatoms. The van der Waals surface area contributed by atoms with Crippen LogP contribution in [0.3, 0.4) is 0 Å². The van der Waals surface area contributed by atoms with Crippen LogP contribution in [0.4, 0.5) is 5.69 Å². The van der Waals surface area contributed by atoms with Crippen molar-refractivity contribution < 1.29 is 4.79 Å². The number of amides is 1. The quantitative estimate of drug-likeness (QED) is 0.539. The van der Waals surface area contributed by atoms with E-state index in [0.717, 1.165) is 22.3 Å². The van der Waals surface area contributed by atoms with Crippen molar-refractivity contribution in [1.29, 1.82) is 0 Å². The molecule has 0 aliphatic rings. The Morgan fingerprint density at radius 2 is 1.82 bits per heavy atom. The van der Waals surface area contributed by atoms with Gasteiger partial charge >= 0.3 is 0 Å². The summed E-state index contributed by atoms with van der Waals surface area (Å²) in [6, 6.07) is 13.2. The first kappa shape index (κ1) is 18.2. The van der Waals surface area contributed by atoms with E-state index < -0.39 is 0 Å². The number of nitrogens with one attached hydrogen (secondary N) is 1. The van der Waals surface area contributed by atoms with E-state index in [4.69, 9.17) is 0 Å². The summed E-state index contributed by atoms with van der Waals surface area (Å²) in [6.45, 7) is 3.99. The van der Waals surface area contributed by atoms with Crippen LogP contribution in [0.25, 0.3) is 16.7 Å². The molecule has 0 atom stereocenters. The van der Waals surface area contributed by atoms with Crippen molar-refractivity contribution >= 4 is 40.0 Å². The minimum Gasteiger partial charge on any atom is -0.325 e. The number of fused-ring (bicyclic) bond motifs is 3. The fraction of sp³-hybridized carbons (Fsp3) is 0.200. The summed E-state index contributed by atoms with van der Waals surface area (Å²) in [7, 11) is 1.67. The van der Waals surface area contributed by atoms with E-state index in [9.17, 15) is 9.59 Å². The Bertz CT molecular complexity index is 1250. The number of thioether (sulfide) groups is 1. The van der Waals surface area contributed by atoms with Crippen LogP contribution in [0, 0.1) is 13.8 Å². The minimum atomic E-state index is -0.125. The maximum Gasteiger partial charge on any atom is 0.262 e. The van der Waals surface area contributed by atoms with Gasteiger partial charge in [-0.3, -0.25) is 18.6 Å². The highest BCUT2D eigenvalue weighted by Gasteiger charge is 2.16. The molecule has 0 unspecified atom stereocenters. The fourth-order valence-electron chi connectivity index (χ4n) is 3.28. The van der Waals surface area contributed by atoms with Crippen LogP contribution in [-0.2, 0) is 11.8 Å². The molecular formula is C20H19N5O2S. The van der Waals surface area contributed by atoms with Gasteiger partial charge in [-0.2, -0.15) is 0 Å². The molecule has 4 aromatic rings. The lowest BCUT2D eigenvalue weighted by molar-refractivity contribution is -0.113. The molecule has 2 aromatic carbocycles. The molecule has 0 radical (unpaired) electrons. The van der Waals surface area contributed by atoms with Crippen LogP contribution in [0.5, 0.6) is 0 Å². The average Bonchev–Trinajstić information content (AvgIpc) is 3.08. The van der Waals surface area contributed by atoms with Crippen molar-refractivity contribution in [1.82, 2.24) is 19.2 Å². The molecule has 142 valence electrons. The standard InChI is InChI=1S/C20H19N5O2S/c1-12-8-13(2)10-14(9-12)21-17(26)11-28-20-23-22-19-24(3)18(27)15-6-4-5-7-16(15)25(19)20/h4-10H,11H2,1-3H3,(H,21,26). The van der Waals surface area contributed by atoms with E-state index in [0.29, 0.717) is 16.3 Å². The molecule has 0 fully saturated rings. The molecule has 1 amide bonds. The summed E-state index contributed by atoms with van der Waals surface area (Å²) in [5.74, 6) is 0.507. The fourth-order valence-corrected chi connectivity index (χ4v) is 4.02. The maximum absolute atomic E-state index is 12.5. The Hall–Kier alpha value is -3.13. The third kappa shape index (κ3) is 3.27. The van der Waals surface area contributed by atoms with E-state index in [1.807, 2.05) is 48.6 Å². The number of aromatic nitrogens is 4. The van der Waals surface area contributed by atoms with Gasteiger partial charge in [-0.25, -0.2) is 0 Å². The number of benzene rings is 2. The highest BCUT2D eigenvalue weighted by atomic mass is 32.2. The van der Waals surface area contributed by atoms with Gasteiger partial charge in [0.25, 0.3) is 5.56 Å². The lowest BCUT2D eigenvalue weighted by Crippen LogP contribution is -2.20. The van der Waals surface area contributed by atoms with Crippen LogP contribution in [-0.4, -0.2) is 30.8 Å². The summed E-state index contributed by atoms with van der Waals surface area (Å²) < 4.78 is 3.28. The molecule has 2 heterocycles. The Labute approximate surface area is 165 Å². The minimum absolute atomic E-state index is 0.124. The number of carbonyl (C=O) groups is 1. The predicted octanol–water partition coefficient (Wildman–Crippen LogP) is 2.93. The normalized spacial score (nSPS) is 11.2. The topological polar surface area (TPSA) is 81.3 Å². The highest BCUT2D eigenvalue weighted by Crippen LogP contribution is 2.22. The molecule has 0 saturated heterocycles. The number of carbonyl (C=O) groups excluding carboxylic acids is 1. The van der Waals surface area contributed by atoms with Crippen molar-refractivity contribution in [3.8, 4) is 0 Å². The van der Waals surface area contributed by atoms with Crippen molar-refractivity contribution in [2.45, 2.75) is 19.0 Å². The number of para-hydroxylation sites is 1. The predicted molar refractivity (Wildman–Crippen MR) is 111 cm³/mol. The Balaban J connectivity index is 1.62. The van der Waals surface area contributed by atoms with E-state index in [1.54, 1.807) is 13.1 Å². The Morgan fingerprint density at radius 1 is 1.11 bits per heavy atom. The zero-order valence-corrected chi connectivity index (χ0v) is 16.6. The second-order valence-electron chi connectivity index (χ2n) is 6.71. The summed E-state index contributed by atoms with van der Waals surface area (Å²) in [5.41, 5.74) is 3.57. The van der Waals surface area contributed by atoms with Gasteiger partial charge in [0.05, 0.1) is 16.7 Å². The second kappa shape index (κ2) is 7.12. The molecule has 0 spiro atoms. The molecule has 28 heavy (non-hydrogen) atoms. The van der Waals surface area contributed by atoms with E-state index in [-0.39, 0.29) is 17.2 Å². The van der Waals surface area contributed by atoms with Crippen molar-refractivity contribution in [3.05, 3.63) is 63.9 Å². The first-order valence-corrected chi connectivity index (χ1v) is 9.76. The van der Waals surface area contributed by atoms with Crippen molar-refractivity contribution in [2.24, 2.45) is 7.05 Å². The lowest BCUT2D eigenvalue weighted by atomic mass is 10.1. The molecular weight excluding hydrogens is 374 g/mol. The number of anilines is 1.